The van der Waals surface area contributed by atoms with Gasteiger partial charge in [0.15, 0.2) is 5.82 Å². The lowest BCUT2D eigenvalue weighted by Crippen LogP contribution is -2.45. The van der Waals surface area contributed by atoms with E-state index in [0.717, 1.165) is 35.8 Å². The Hall–Kier alpha value is -1.78. The molecular weight excluding hydrogens is 362 g/mol. The van der Waals surface area contributed by atoms with Crippen molar-refractivity contribution < 1.29 is 13.2 Å². The molecule has 2 aliphatic rings. The molecule has 0 bridgehead atoms. The van der Waals surface area contributed by atoms with Crippen LogP contribution >= 0.6 is 11.3 Å². The zero-order valence-electron chi connectivity index (χ0n) is 13.8. The first-order chi connectivity index (χ1) is 12.0. The second-order valence-corrected chi connectivity index (χ2v) is 9.29. The van der Waals surface area contributed by atoms with Gasteiger partial charge in [0.25, 0.3) is 10.0 Å². The van der Waals surface area contributed by atoms with Crippen LogP contribution in [0, 0.1) is 0 Å². The Morgan fingerprint density at radius 3 is 2.88 bits per heavy atom. The van der Waals surface area contributed by atoms with Gasteiger partial charge in [-0.2, -0.15) is 5.10 Å². The molecule has 1 saturated carbocycles. The van der Waals surface area contributed by atoms with Crippen molar-refractivity contribution in [1.82, 2.24) is 24.4 Å². The van der Waals surface area contributed by atoms with Gasteiger partial charge in [0.05, 0.1) is 19.1 Å². The maximum absolute atomic E-state index is 12.5. The van der Waals surface area contributed by atoms with Gasteiger partial charge < -0.3 is 4.90 Å². The van der Waals surface area contributed by atoms with Crippen molar-refractivity contribution in [3.8, 4) is 0 Å². The quantitative estimate of drug-likeness (QED) is 0.836. The van der Waals surface area contributed by atoms with Crippen LogP contribution in [0.5, 0.6) is 0 Å². The summed E-state index contributed by atoms with van der Waals surface area (Å²) in [5.74, 6) is 1.86. The predicted octanol–water partition coefficient (Wildman–Crippen LogP) is 1.10. The van der Waals surface area contributed by atoms with Crippen LogP contribution < -0.4 is 4.72 Å². The molecule has 25 heavy (non-hydrogen) atoms. The molecule has 0 aromatic carbocycles. The second kappa shape index (κ2) is 6.19. The smallest absolute Gasteiger partial charge is 0.250 e. The number of aromatic nitrogens is 3. The molecule has 1 aliphatic carbocycles. The van der Waals surface area contributed by atoms with Gasteiger partial charge in [0.1, 0.15) is 10.0 Å². The lowest BCUT2D eigenvalue weighted by molar-refractivity contribution is -0.133. The van der Waals surface area contributed by atoms with Gasteiger partial charge in [-0.1, -0.05) is 6.07 Å². The van der Waals surface area contributed by atoms with E-state index < -0.39 is 10.0 Å². The Balaban J connectivity index is 1.44. The van der Waals surface area contributed by atoms with E-state index in [0.29, 0.717) is 19.0 Å². The normalized spacial score (nSPS) is 20.5. The minimum atomic E-state index is -3.64. The Kier molecular flexibility index (Phi) is 4.13. The number of nitrogens with one attached hydrogen (secondary N) is 1. The van der Waals surface area contributed by atoms with Gasteiger partial charge in [-0.3, -0.25) is 4.79 Å². The zero-order valence-corrected chi connectivity index (χ0v) is 15.4. The highest BCUT2D eigenvalue weighted by Gasteiger charge is 2.34. The number of amides is 1. The highest BCUT2D eigenvalue weighted by molar-refractivity contribution is 7.91. The van der Waals surface area contributed by atoms with E-state index in [1.807, 2.05) is 11.6 Å². The van der Waals surface area contributed by atoms with Crippen LogP contribution in [-0.2, 0) is 21.4 Å². The molecule has 0 saturated heterocycles. The summed E-state index contributed by atoms with van der Waals surface area (Å²) in [5.41, 5.74) is 0. The summed E-state index contributed by atoms with van der Waals surface area (Å²) in [6.07, 6.45) is 2.26. The van der Waals surface area contributed by atoms with Crippen molar-refractivity contribution in [3.63, 3.8) is 0 Å². The number of thiophene rings is 1. The number of carbonyl (C=O) groups is 1. The summed E-state index contributed by atoms with van der Waals surface area (Å²) in [5, 5.41) is 6.22. The molecule has 2 aromatic rings. The number of nitrogens with zero attached hydrogens (tertiary/aromatic N) is 4. The molecule has 10 heteroatoms. The molecule has 1 aliphatic heterocycles. The minimum Gasteiger partial charge on any atom is -0.330 e. The summed E-state index contributed by atoms with van der Waals surface area (Å²) >= 11 is 1.12. The molecule has 0 radical (unpaired) electrons. The summed E-state index contributed by atoms with van der Waals surface area (Å²) in [6.45, 7) is 2.74. The maximum atomic E-state index is 12.5. The summed E-state index contributed by atoms with van der Waals surface area (Å²) in [6, 6.07) is 2.97. The number of hydrogen-bond donors (Lipinski definition) is 1. The van der Waals surface area contributed by atoms with Crippen LogP contribution in [0.1, 0.15) is 43.4 Å². The van der Waals surface area contributed by atoms with Crippen molar-refractivity contribution in [2.24, 2.45) is 0 Å². The fourth-order valence-electron chi connectivity index (χ4n) is 2.98. The van der Waals surface area contributed by atoms with E-state index >= 15 is 0 Å². The fourth-order valence-corrected chi connectivity index (χ4v) is 4.99. The zero-order chi connectivity index (χ0) is 17.6. The maximum Gasteiger partial charge on any atom is 0.250 e. The summed E-state index contributed by atoms with van der Waals surface area (Å²) in [7, 11) is -3.64. The first-order valence-electron chi connectivity index (χ1n) is 8.23. The van der Waals surface area contributed by atoms with Crippen molar-refractivity contribution >= 4 is 27.3 Å². The molecule has 1 amide bonds. The van der Waals surface area contributed by atoms with Gasteiger partial charge >= 0.3 is 0 Å². The predicted molar refractivity (Wildman–Crippen MR) is 91.6 cm³/mol. The standard InChI is InChI=1S/C15H19N5O3S2/c1-10-15-17-14(11-4-5-11)18-20(15)7-6-19(10)12(21)9-16-25(22,23)13-3-2-8-24-13/h2-3,8,10-11,16H,4-7,9H2,1H3/t10-/m1/s1. The van der Waals surface area contributed by atoms with Crippen LogP contribution in [0.4, 0.5) is 0 Å². The van der Waals surface area contributed by atoms with Crippen LogP contribution in [-0.4, -0.2) is 47.1 Å². The Bertz CT molecular complexity index is 886. The molecular formula is C15H19N5O3S2. The van der Waals surface area contributed by atoms with Gasteiger partial charge in [-0.15, -0.1) is 11.3 Å². The lowest BCUT2D eigenvalue weighted by Gasteiger charge is -2.32. The van der Waals surface area contributed by atoms with E-state index in [1.54, 1.807) is 16.3 Å². The van der Waals surface area contributed by atoms with Gasteiger partial charge in [0.2, 0.25) is 5.91 Å². The Morgan fingerprint density at radius 2 is 2.20 bits per heavy atom. The number of rotatable bonds is 5. The topological polar surface area (TPSA) is 97.2 Å². The molecule has 2 aromatic heterocycles. The lowest BCUT2D eigenvalue weighted by atomic mass is 10.2. The van der Waals surface area contributed by atoms with Crippen molar-refractivity contribution in [2.75, 3.05) is 13.1 Å². The highest BCUT2D eigenvalue weighted by atomic mass is 32.2. The molecule has 1 N–H and O–H groups in total. The molecule has 0 spiro atoms. The van der Waals surface area contributed by atoms with Crippen LogP contribution in [0.25, 0.3) is 0 Å². The first kappa shape index (κ1) is 16.7. The monoisotopic (exact) mass is 381 g/mol. The number of sulfonamides is 1. The number of fused-ring (bicyclic) bond motifs is 1. The summed E-state index contributed by atoms with van der Waals surface area (Å²) < 4.78 is 28.8. The van der Waals surface area contributed by atoms with E-state index in [1.165, 1.54) is 6.07 Å². The SMILES string of the molecule is C[C@@H]1c2nc(C3CC3)nn2CCN1C(=O)CNS(=O)(=O)c1cccs1. The Morgan fingerprint density at radius 1 is 1.40 bits per heavy atom. The van der Waals surface area contributed by atoms with Gasteiger partial charge in [-0.25, -0.2) is 22.8 Å². The third-order valence-electron chi connectivity index (χ3n) is 4.55. The van der Waals surface area contributed by atoms with Gasteiger partial charge in [-0.05, 0) is 31.2 Å². The van der Waals surface area contributed by atoms with Crippen LogP contribution in [0.15, 0.2) is 21.7 Å². The van der Waals surface area contributed by atoms with E-state index in [4.69, 9.17) is 0 Å². The average molecular weight is 381 g/mol. The number of carbonyl (C=O) groups excluding carboxylic acids is 1. The fraction of sp³-hybridized carbons (Fsp3) is 0.533. The molecule has 4 rings (SSSR count). The van der Waals surface area contributed by atoms with E-state index in [9.17, 15) is 13.2 Å². The molecule has 0 unspecified atom stereocenters. The molecule has 8 nitrogen and oxygen atoms in total. The highest BCUT2D eigenvalue weighted by Crippen LogP contribution is 2.39. The van der Waals surface area contributed by atoms with Crippen molar-refractivity contribution in [2.45, 2.75) is 42.5 Å². The van der Waals surface area contributed by atoms with Gasteiger partial charge in [0, 0.05) is 12.5 Å². The Labute approximate surface area is 149 Å². The van der Waals surface area contributed by atoms with E-state index in [-0.39, 0.29) is 22.7 Å². The van der Waals surface area contributed by atoms with E-state index in [2.05, 4.69) is 14.8 Å². The van der Waals surface area contributed by atoms with Crippen LogP contribution in [0.3, 0.4) is 0 Å². The summed E-state index contributed by atoms with van der Waals surface area (Å²) in [4.78, 5) is 18.8. The molecule has 1 atom stereocenters. The molecule has 3 heterocycles. The largest absolute Gasteiger partial charge is 0.330 e. The third kappa shape index (κ3) is 3.21. The second-order valence-electron chi connectivity index (χ2n) is 6.35. The number of hydrogen-bond acceptors (Lipinski definition) is 6. The van der Waals surface area contributed by atoms with Crippen LogP contribution in [0.2, 0.25) is 0 Å². The molecule has 1 fully saturated rings. The first-order valence-corrected chi connectivity index (χ1v) is 10.6. The van der Waals surface area contributed by atoms with Crippen molar-refractivity contribution in [1.29, 1.82) is 0 Å². The average Bonchev–Trinajstić information content (AvgIpc) is 3.11. The third-order valence-corrected chi connectivity index (χ3v) is 7.35. The minimum absolute atomic E-state index is 0.209. The molecule has 134 valence electrons. The van der Waals surface area contributed by atoms with Crippen molar-refractivity contribution in [3.05, 3.63) is 29.2 Å².